The summed E-state index contributed by atoms with van der Waals surface area (Å²) in [6.07, 6.45) is 0.805. The van der Waals surface area contributed by atoms with Crippen LogP contribution in [0, 0.1) is 0 Å². The minimum Gasteiger partial charge on any atom is -0.368 e. The average Bonchev–Trinajstić information content (AvgIpc) is 2.42. The Bertz CT molecular complexity index is 476. The third-order valence-electron chi connectivity index (χ3n) is 2.65. The molecule has 0 heterocycles. The number of nitrogens with one attached hydrogen (secondary N) is 2. The van der Waals surface area contributed by atoms with Crippen molar-refractivity contribution in [1.29, 1.82) is 0 Å². The van der Waals surface area contributed by atoms with Crippen molar-refractivity contribution in [3.63, 3.8) is 0 Å². The van der Waals surface area contributed by atoms with Gasteiger partial charge < -0.3 is 22.1 Å². The van der Waals surface area contributed by atoms with Crippen LogP contribution in [0.1, 0.15) is 23.2 Å². The smallest absolute Gasteiger partial charge is 0.312 e. The van der Waals surface area contributed by atoms with Crippen LogP contribution in [0.2, 0.25) is 0 Å². The molecule has 1 aromatic carbocycles. The van der Waals surface area contributed by atoms with Gasteiger partial charge in [0.25, 0.3) is 5.91 Å². The summed E-state index contributed by atoms with van der Waals surface area (Å²) in [5.74, 6) is -0.981. The molecular weight excluding hydrogens is 260 g/mol. The lowest BCUT2D eigenvalue weighted by atomic mass is 10.1. The van der Waals surface area contributed by atoms with Gasteiger partial charge in [-0.15, -0.1) is 0 Å². The van der Waals surface area contributed by atoms with Crippen LogP contribution in [0.15, 0.2) is 30.3 Å². The number of primary amides is 2. The molecule has 0 saturated heterocycles. The molecule has 1 aromatic rings. The van der Waals surface area contributed by atoms with Crippen LogP contribution in [0.5, 0.6) is 0 Å². The maximum absolute atomic E-state index is 11.9. The third kappa shape index (κ3) is 5.38. The second kappa shape index (κ2) is 7.78. The fraction of sp³-hybridized carbons (Fsp3) is 0.308. The molecule has 4 amide bonds. The number of nitrogens with two attached hydrogens (primary N) is 2. The SMILES string of the molecule is NC(=O)NCCCC(NC(=O)c1ccccc1)C(N)=O. The van der Waals surface area contributed by atoms with E-state index in [1.807, 2.05) is 0 Å². The number of carbonyl (C=O) groups excluding carboxylic acids is 3. The highest BCUT2D eigenvalue weighted by Gasteiger charge is 2.18. The first-order valence-corrected chi connectivity index (χ1v) is 6.19. The Hall–Kier alpha value is -2.57. The summed E-state index contributed by atoms with van der Waals surface area (Å²) in [7, 11) is 0. The molecule has 0 aliphatic rings. The predicted molar refractivity (Wildman–Crippen MR) is 73.7 cm³/mol. The van der Waals surface area contributed by atoms with E-state index in [0.29, 0.717) is 24.9 Å². The van der Waals surface area contributed by atoms with Crippen LogP contribution in [-0.2, 0) is 4.79 Å². The zero-order chi connectivity index (χ0) is 15.0. The lowest BCUT2D eigenvalue weighted by Gasteiger charge is -2.15. The van der Waals surface area contributed by atoms with Gasteiger partial charge in [0.05, 0.1) is 0 Å². The third-order valence-corrected chi connectivity index (χ3v) is 2.65. The van der Waals surface area contributed by atoms with E-state index >= 15 is 0 Å². The summed E-state index contributed by atoms with van der Waals surface area (Å²) in [6.45, 7) is 0.320. The monoisotopic (exact) mass is 278 g/mol. The van der Waals surface area contributed by atoms with Gasteiger partial charge in [0, 0.05) is 12.1 Å². The van der Waals surface area contributed by atoms with Crippen molar-refractivity contribution in [2.24, 2.45) is 11.5 Å². The van der Waals surface area contributed by atoms with Crippen LogP contribution >= 0.6 is 0 Å². The highest BCUT2D eigenvalue weighted by molar-refractivity contribution is 5.97. The van der Waals surface area contributed by atoms with Gasteiger partial charge in [0.1, 0.15) is 6.04 Å². The van der Waals surface area contributed by atoms with Gasteiger partial charge in [-0.2, -0.15) is 0 Å². The molecule has 108 valence electrons. The first-order valence-electron chi connectivity index (χ1n) is 6.19. The molecule has 0 radical (unpaired) electrons. The zero-order valence-corrected chi connectivity index (χ0v) is 11.0. The second-order valence-corrected chi connectivity index (χ2v) is 4.23. The van der Waals surface area contributed by atoms with Crippen molar-refractivity contribution in [2.75, 3.05) is 6.54 Å². The van der Waals surface area contributed by atoms with Crippen LogP contribution in [0.4, 0.5) is 4.79 Å². The predicted octanol–water partition coefficient (Wildman–Crippen LogP) is -0.281. The van der Waals surface area contributed by atoms with Crippen LogP contribution in [0.25, 0.3) is 0 Å². The number of amides is 4. The number of rotatable bonds is 7. The van der Waals surface area contributed by atoms with E-state index in [1.165, 1.54) is 0 Å². The molecule has 0 saturated carbocycles. The van der Waals surface area contributed by atoms with Crippen LogP contribution < -0.4 is 22.1 Å². The molecule has 0 aliphatic heterocycles. The van der Waals surface area contributed by atoms with Gasteiger partial charge in [0.2, 0.25) is 5.91 Å². The molecule has 7 nitrogen and oxygen atoms in total. The molecule has 0 spiro atoms. The van der Waals surface area contributed by atoms with Crippen LogP contribution in [-0.4, -0.2) is 30.4 Å². The van der Waals surface area contributed by atoms with E-state index in [9.17, 15) is 14.4 Å². The number of carbonyl (C=O) groups is 3. The Morgan fingerprint density at radius 2 is 1.75 bits per heavy atom. The van der Waals surface area contributed by atoms with Gasteiger partial charge in [-0.25, -0.2) is 4.79 Å². The van der Waals surface area contributed by atoms with E-state index in [-0.39, 0.29) is 5.91 Å². The molecular formula is C13H18N4O3. The topological polar surface area (TPSA) is 127 Å². The quantitative estimate of drug-likeness (QED) is 0.512. The minimum atomic E-state index is -0.780. The normalized spacial score (nSPS) is 11.4. The molecule has 1 rings (SSSR count). The van der Waals surface area contributed by atoms with Gasteiger partial charge in [-0.1, -0.05) is 18.2 Å². The number of benzene rings is 1. The fourth-order valence-corrected chi connectivity index (χ4v) is 1.63. The largest absolute Gasteiger partial charge is 0.368 e. The summed E-state index contributed by atoms with van der Waals surface area (Å²) in [5, 5.41) is 4.96. The fourth-order valence-electron chi connectivity index (χ4n) is 1.63. The Kier molecular flexibility index (Phi) is 6.02. The van der Waals surface area contributed by atoms with Crippen molar-refractivity contribution >= 4 is 17.8 Å². The van der Waals surface area contributed by atoms with Crippen molar-refractivity contribution in [3.05, 3.63) is 35.9 Å². The first-order chi connectivity index (χ1) is 9.50. The molecule has 1 unspecified atom stereocenters. The van der Waals surface area contributed by atoms with Crippen molar-refractivity contribution in [1.82, 2.24) is 10.6 Å². The summed E-state index contributed by atoms with van der Waals surface area (Å²) in [4.78, 5) is 33.7. The Morgan fingerprint density at radius 3 is 2.30 bits per heavy atom. The molecule has 0 bridgehead atoms. The Morgan fingerprint density at radius 1 is 1.10 bits per heavy atom. The highest BCUT2D eigenvalue weighted by Crippen LogP contribution is 2.02. The molecule has 0 aliphatic carbocycles. The number of hydrogen-bond acceptors (Lipinski definition) is 3. The summed E-state index contributed by atoms with van der Waals surface area (Å²) < 4.78 is 0. The molecule has 7 heteroatoms. The molecule has 0 fully saturated rings. The van der Waals surface area contributed by atoms with E-state index < -0.39 is 18.0 Å². The maximum Gasteiger partial charge on any atom is 0.312 e. The van der Waals surface area contributed by atoms with E-state index in [1.54, 1.807) is 30.3 Å². The van der Waals surface area contributed by atoms with E-state index in [4.69, 9.17) is 11.5 Å². The molecule has 1 atom stereocenters. The molecule has 0 aromatic heterocycles. The lowest BCUT2D eigenvalue weighted by Crippen LogP contribution is -2.44. The average molecular weight is 278 g/mol. The first kappa shape index (κ1) is 15.5. The summed E-state index contributed by atoms with van der Waals surface area (Å²) in [5.41, 5.74) is 10.6. The Labute approximate surface area is 116 Å². The van der Waals surface area contributed by atoms with Crippen molar-refractivity contribution in [3.8, 4) is 0 Å². The van der Waals surface area contributed by atoms with Gasteiger partial charge in [-0.3, -0.25) is 9.59 Å². The lowest BCUT2D eigenvalue weighted by molar-refractivity contribution is -0.120. The van der Waals surface area contributed by atoms with Crippen LogP contribution in [0.3, 0.4) is 0 Å². The minimum absolute atomic E-state index is 0.320. The zero-order valence-electron chi connectivity index (χ0n) is 11.0. The van der Waals surface area contributed by atoms with E-state index in [2.05, 4.69) is 10.6 Å². The number of urea groups is 1. The van der Waals surface area contributed by atoms with Gasteiger partial charge >= 0.3 is 6.03 Å². The van der Waals surface area contributed by atoms with Crippen molar-refractivity contribution < 1.29 is 14.4 Å². The molecule has 20 heavy (non-hydrogen) atoms. The second-order valence-electron chi connectivity index (χ2n) is 4.23. The van der Waals surface area contributed by atoms with Crippen molar-refractivity contribution in [2.45, 2.75) is 18.9 Å². The Balaban J connectivity index is 2.49. The maximum atomic E-state index is 11.9. The standard InChI is InChI=1S/C13H18N4O3/c14-11(18)10(7-4-8-16-13(15)20)17-12(19)9-5-2-1-3-6-9/h1-3,5-6,10H,4,7-8H2,(H2,14,18)(H,17,19)(H3,15,16,20). The number of hydrogen-bond donors (Lipinski definition) is 4. The molecule has 6 N–H and O–H groups in total. The van der Waals surface area contributed by atoms with E-state index in [0.717, 1.165) is 0 Å². The van der Waals surface area contributed by atoms with Gasteiger partial charge in [-0.05, 0) is 25.0 Å². The highest BCUT2D eigenvalue weighted by atomic mass is 16.2. The van der Waals surface area contributed by atoms with Gasteiger partial charge in [0.15, 0.2) is 0 Å². The summed E-state index contributed by atoms with van der Waals surface area (Å²) >= 11 is 0. The summed E-state index contributed by atoms with van der Waals surface area (Å²) in [6, 6.07) is 7.11.